The quantitative estimate of drug-likeness (QED) is 0.303. The first-order chi connectivity index (χ1) is 26.2. The van der Waals surface area contributed by atoms with Gasteiger partial charge in [0.1, 0.15) is 11.6 Å². The fraction of sp³-hybridized carbons (Fsp3) is 0.700. The molecule has 4 aliphatic carbocycles. The van der Waals surface area contributed by atoms with Crippen LogP contribution in [0.1, 0.15) is 72.1 Å². The molecule has 0 aromatic carbocycles. The van der Waals surface area contributed by atoms with Crippen molar-refractivity contribution >= 4 is 49.4 Å². The van der Waals surface area contributed by atoms with Crippen LogP contribution in [0.3, 0.4) is 0 Å². The molecule has 3 aliphatic heterocycles. The van der Waals surface area contributed by atoms with Crippen LogP contribution in [-0.4, -0.2) is 124 Å². The van der Waals surface area contributed by atoms with Gasteiger partial charge in [0.2, 0.25) is 5.95 Å². The van der Waals surface area contributed by atoms with Crippen LogP contribution in [0, 0.1) is 34.5 Å². The molecule has 1 aromatic heterocycles. The minimum Gasteiger partial charge on any atom is -0.356 e. The Labute approximate surface area is 333 Å². The SMILES string of the molecule is CS(=O)(=O)O.CS(=O)(=O)O.C[C@@H]1C[C@H]2[C@@H]3CCC4=CC(=O)C=C[C@]4(C)C3=CC[C@]2(C)[C@H]1C(=O)CN1CCN(c2cc(N3CCCC3)nc(N3CCCC3)n2)CC1. The van der Waals surface area contributed by atoms with Crippen molar-refractivity contribution in [2.45, 2.75) is 72.1 Å². The predicted octanol–water partition coefficient (Wildman–Crippen LogP) is 4.47. The van der Waals surface area contributed by atoms with E-state index in [1.807, 2.05) is 6.08 Å². The van der Waals surface area contributed by atoms with Crippen LogP contribution >= 0.6 is 0 Å². The molecule has 8 rings (SSSR count). The standard InChI is InChI=1S/C38H52N6O2.2CH4O3S/c1-26-22-31-29-9-8-27-23-28(45)10-12-37(27,2)30(29)11-13-38(31,3)35(26)32(46)25-41-18-20-43(21-19-41)34-24-33(42-14-4-5-15-42)39-36(40-34)44-16-6-7-17-44;2*1-5(2,3)4/h10-12,23-24,26,29,31,35H,4-9,13-22,25H2,1-3H3;2*1H3,(H,2,3,4)/t26-,29-,31+,35-,37+,38+;;/m1../s1. The Morgan fingerprint density at radius 3 is 1.96 bits per heavy atom. The fourth-order valence-corrected chi connectivity index (χ4v) is 10.8. The molecule has 6 atom stereocenters. The van der Waals surface area contributed by atoms with E-state index in [0.717, 1.165) is 95.6 Å². The van der Waals surface area contributed by atoms with E-state index in [4.69, 9.17) is 19.1 Å². The summed E-state index contributed by atoms with van der Waals surface area (Å²) in [5.41, 5.74) is 2.68. The number of nitrogens with zero attached hydrogens (tertiary/aromatic N) is 6. The van der Waals surface area contributed by atoms with Crippen LogP contribution in [0.2, 0.25) is 0 Å². The maximum Gasteiger partial charge on any atom is 0.261 e. The average Bonchev–Trinajstić information content (AvgIpc) is 3.89. The van der Waals surface area contributed by atoms with Crippen LogP contribution in [-0.2, 0) is 29.8 Å². The van der Waals surface area contributed by atoms with Gasteiger partial charge >= 0.3 is 0 Å². The van der Waals surface area contributed by atoms with E-state index in [2.05, 4.69) is 58.6 Å². The molecule has 5 fully saturated rings. The van der Waals surface area contributed by atoms with Crippen molar-refractivity contribution in [2.75, 3.05) is 86.1 Å². The van der Waals surface area contributed by atoms with E-state index in [-0.39, 0.29) is 22.5 Å². The molecule has 2 N–H and O–H groups in total. The summed E-state index contributed by atoms with van der Waals surface area (Å²) in [5.74, 6) is 5.14. The van der Waals surface area contributed by atoms with E-state index >= 15 is 0 Å². The van der Waals surface area contributed by atoms with Gasteiger partial charge in [-0.2, -0.15) is 26.8 Å². The van der Waals surface area contributed by atoms with Gasteiger partial charge in [-0.3, -0.25) is 23.6 Å². The number of aromatic nitrogens is 2. The Hall–Kier alpha value is -3.18. The molecule has 1 aromatic rings. The smallest absolute Gasteiger partial charge is 0.261 e. The first-order valence-electron chi connectivity index (χ1n) is 20.1. The van der Waals surface area contributed by atoms with Crippen molar-refractivity contribution in [1.29, 1.82) is 0 Å². The third-order valence-electron chi connectivity index (χ3n) is 13.2. The second-order valence-electron chi connectivity index (χ2n) is 17.4. The molecular formula is C40H60N6O8S2. The summed E-state index contributed by atoms with van der Waals surface area (Å²) in [5, 5.41) is 0. The summed E-state index contributed by atoms with van der Waals surface area (Å²) < 4.78 is 51.7. The van der Waals surface area contributed by atoms with E-state index in [1.165, 1.54) is 36.8 Å². The fourth-order valence-electron chi connectivity index (χ4n) is 10.8. The number of anilines is 3. The first kappa shape index (κ1) is 42.4. The average molecular weight is 817 g/mol. The number of rotatable bonds is 6. The topological polar surface area (TPSA) is 182 Å². The van der Waals surface area contributed by atoms with Gasteiger partial charge in [0.15, 0.2) is 11.6 Å². The number of ketones is 2. The number of fused-ring (bicyclic) bond motifs is 5. The zero-order valence-electron chi connectivity index (χ0n) is 33.6. The molecule has 0 spiro atoms. The second kappa shape index (κ2) is 16.6. The zero-order valence-corrected chi connectivity index (χ0v) is 35.2. The van der Waals surface area contributed by atoms with Crippen molar-refractivity contribution in [1.82, 2.24) is 14.9 Å². The number of carbonyl (C=O) groups excluding carboxylic acids is 2. The van der Waals surface area contributed by atoms with Gasteiger partial charge in [-0.1, -0.05) is 37.1 Å². The molecular weight excluding hydrogens is 757 g/mol. The highest BCUT2D eigenvalue weighted by atomic mass is 32.2. The van der Waals surface area contributed by atoms with Crippen molar-refractivity contribution in [3.63, 3.8) is 0 Å². The minimum absolute atomic E-state index is 0.0111. The third kappa shape index (κ3) is 9.74. The lowest BCUT2D eigenvalue weighted by atomic mass is 9.52. The van der Waals surface area contributed by atoms with Crippen LogP contribution in [0.25, 0.3) is 0 Å². The first-order valence-corrected chi connectivity index (χ1v) is 23.8. The molecule has 0 amide bonds. The number of hydrogen-bond acceptors (Lipinski definition) is 12. The minimum atomic E-state index is -3.67. The normalized spacial score (nSPS) is 31.6. The van der Waals surface area contributed by atoms with E-state index in [0.29, 0.717) is 42.6 Å². The number of allylic oxidation sites excluding steroid dienone is 6. The highest BCUT2D eigenvalue weighted by molar-refractivity contribution is 7.85. The van der Waals surface area contributed by atoms with Crippen LogP contribution in [0.4, 0.5) is 17.6 Å². The van der Waals surface area contributed by atoms with Crippen LogP contribution in [0.15, 0.2) is 41.5 Å². The number of Topliss-reactive ketones (excluding diaryl/α,β-unsaturated/α-hetero) is 1. The van der Waals surface area contributed by atoms with Gasteiger partial charge < -0.3 is 14.7 Å². The Kier molecular flexibility index (Phi) is 12.6. The molecule has 7 aliphatic rings. The van der Waals surface area contributed by atoms with Crippen molar-refractivity contribution < 1.29 is 35.5 Å². The summed E-state index contributed by atoms with van der Waals surface area (Å²) in [7, 11) is -7.33. The molecule has 16 heteroatoms. The summed E-state index contributed by atoms with van der Waals surface area (Å²) >= 11 is 0. The molecule has 4 heterocycles. The van der Waals surface area contributed by atoms with Gasteiger partial charge in [-0.15, -0.1) is 0 Å². The molecule has 3 saturated heterocycles. The summed E-state index contributed by atoms with van der Waals surface area (Å²) in [6.07, 6.45) is 18.8. The largest absolute Gasteiger partial charge is 0.356 e. The zero-order chi connectivity index (χ0) is 40.6. The Balaban J connectivity index is 0.000000476. The summed E-state index contributed by atoms with van der Waals surface area (Å²) in [4.78, 5) is 46.1. The van der Waals surface area contributed by atoms with Gasteiger partial charge in [-0.05, 0) is 93.6 Å². The lowest BCUT2D eigenvalue weighted by molar-refractivity contribution is -0.129. The third-order valence-corrected chi connectivity index (χ3v) is 13.2. The van der Waals surface area contributed by atoms with Gasteiger partial charge in [-0.25, -0.2) is 0 Å². The van der Waals surface area contributed by atoms with Crippen molar-refractivity contribution in [2.24, 2.45) is 34.5 Å². The highest BCUT2D eigenvalue weighted by Crippen LogP contribution is 2.65. The van der Waals surface area contributed by atoms with Gasteiger partial charge in [0.25, 0.3) is 20.2 Å². The summed E-state index contributed by atoms with van der Waals surface area (Å²) in [6.45, 7) is 15.4. The molecule has 0 bridgehead atoms. The molecule has 310 valence electrons. The summed E-state index contributed by atoms with van der Waals surface area (Å²) in [6, 6.07) is 2.21. The second-order valence-corrected chi connectivity index (χ2v) is 20.3. The molecule has 56 heavy (non-hydrogen) atoms. The predicted molar refractivity (Wildman–Crippen MR) is 218 cm³/mol. The highest BCUT2D eigenvalue weighted by Gasteiger charge is 2.59. The van der Waals surface area contributed by atoms with E-state index in [1.54, 1.807) is 6.08 Å². The molecule has 2 saturated carbocycles. The molecule has 14 nitrogen and oxygen atoms in total. The lowest BCUT2D eigenvalue weighted by Crippen LogP contribution is -2.51. The maximum atomic E-state index is 14.2. The Morgan fingerprint density at radius 2 is 1.39 bits per heavy atom. The van der Waals surface area contributed by atoms with Gasteiger partial charge in [0.05, 0.1) is 19.1 Å². The maximum absolute atomic E-state index is 14.2. The van der Waals surface area contributed by atoms with Crippen LogP contribution < -0.4 is 14.7 Å². The van der Waals surface area contributed by atoms with E-state index < -0.39 is 20.2 Å². The molecule has 0 unspecified atom stereocenters. The monoisotopic (exact) mass is 816 g/mol. The molecule has 0 radical (unpaired) electrons. The van der Waals surface area contributed by atoms with Crippen molar-refractivity contribution in [3.05, 3.63) is 41.5 Å². The van der Waals surface area contributed by atoms with E-state index in [9.17, 15) is 26.4 Å². The van der Waals surface area contributed by atoms with Gasteiger partial charge in [0, 0.05) is 69.8 Å². The van der Waals surface area contributed by atoms with Crippen molar-refractivity contribution in [3.8, 4) is 0 Å². The number of hydrogen-bond donors (Lipinski definition) is 2. The lowest BCUT2D eigenvalue weighted by Gasteiger charge is -2.52. The Bertz CT molecular complexity index is 1890. The van der Waals surface area contributed by atoms with Crippen LogP contribution in [0.5, 0.6) is 0 Å². The Morgan fingerprint density at radius 1 is 0.857 bits per heavy atom. The number of carbonyl (C=O) groups is 2. The number of piperazine rings is 1.